The fourth-order valence-corrected chi connectivity index (χ4v) is 3.17. The summed E-state index contributed by atoms with van der Waals surface area (Å²) in [5.74, 6) is -1.09. The van der Waals surface area contributed by atoms with Crippen LogP contribution in [0.25, 0.3) is 11.3 Å². The number of rotatable bonds is 11. The Labute approximate surface area is 204 Å². The number of aliphatic carboxylic acids is 2. The first-order valence-corrected chi connectivity index (χ1v) is 11.1. The molecule has 0 unspecified atom stereocenters. The second-order valence-corrected chi connectivity index (χ2v) is 7.07. The minimum atomic E-state index is -1.82. The van der Waals surface area contributed by atoms with Gasteiger partial charge in [0.1, 0.15) is 11.5 Å². The summed E-state index contributed by atoms with van der Waals surface area (Å²) in [4.78, 5) is 22.8. The van der Waals surface area contributed by atoms with Gasteiger partial charge in [0.05, 0.1) is 31.7 Å². The number of benzene rings is 2. The van der Waals surface area contributed by atoms with Gasteiger partial charge < -0.3 is 34.3 Å². The normalized spacial score (nSPS) is 10.1. The maximum Gasteiger partial charge on any atom is 0.414 e. The molecule has 0 amide bonds. The van der Waals surface area contributed by atoms with Crippen LogP contribution in [0.3, 0.4) is 0 Å². The maximum absolute atomic E-state index is 9.10. The Morgan fingerprint density at radius 2 is 1.63 bits per heavy atom. The third kappa shape index (κ3) is 8.35. The third-order valence-corrected chi connectivity index (χ3v) is 4.73. The van der Waals surface area contributed by atoms with Crippen molar-refractivity contribution in [2.75, 3.05) is 32.2 Å². The van der Waals surface area contributed by atoms with E-state index in [0.717, 1.165) is 34.3 Å². The first-order valence-electron chi connectivity index (χ1n) is 11.1. The summed E-state index contributed by atoms with van der Waals surface area (Å²) < 4.78 is 18.7. The predicted octanol–water partition coefficient (Wildman–Crippen LogP) is 3.76. The summed E-state index contributed by atoms with van der Waals surface area (Å²) in [6.07, 6.45) is 1.89. The highest BCUT2D eigenvalue weighted by Gasteiger charge is 2.13. The Hall–Kier alpha value is -4.05. The minimum Gasteiger partial charge on any atom is -0.494 e. The Morgan fingerprint density at radius 1 is 0.971 bits per heavy atom. The van der Waals surface area contributed by atoms with E-state index in [2.05, 4.69) is 33.1 Å². The lowest BCUT2D eigenvalue weighted by Crippen LogP contribution is -2.12. The van der Waals surface area contributed by atoms with Gasteiger partial charge in [-0.1, -0.05) is 18.2 Å². The van der Waals surface area contributed by atoms with Crippen molar-refractivity contribution >= 4 is 17.9 Å². The molecule has 0 bridgehead atoms. The summed E-state index contributed by atoms with van der Waals surface area (Å²) in [5.41, 5.74) is 3.21. The van der Waals surface area contributed by atoms with E-state index in [4.69, 9.17) is 34.0 Å². The Kier molecular flexibility index (Phi) is 11.1. The van der Waals surface area contributed by atoms with Gasteiger partial charge in [-0.25, -0.2) is 14.6 Å². The SMILES string of the molecule is CCOc1ccc(-c2cnc(NCc3ccccc3OCC)n2CCOC)cc1.O=C(O)C(=O)O. The van der Waals surface area contributed by atoms with E-state index in [1.54, 1.807) is 7.11 Å². The Bertz CT molecular complexity index is 1070. The van der Waals surface area contributed by atoms with Gasteiger partial charge in [-0.05, 0) is 44.2 Å². The summed E-state index contributed by atoms with van der Waals surface area (Å²) in [6.45, 7) is 7.20. The lowest BCUT2D eigenvalue weighted by atomic mass is 10.1. The molecule has 0 fully saturated rings. The number of para-hydroxylation sites is 1. The van der Waals surface area contributed by atoms with Crippen molar-refractivity contribution < 1.29 is 34.0 Å². The number of methoxy groups -OCH3 is 1. The number of ether oxygens (including phenoxy) is 3. The van der Waals surface area contributed by atoms with Crippen molar-refractivity contribution in [2.24, 2.45) is 0 Å². The van der Waals surface area contributed by atoms with Crippen LogP contribution in [0.1, 0.15) is 19.4 Å². The number of carboxylic acid groups (broad SMARTS) is 2. The number of nitrogens with one attached hydrogen (secondary N) is 1. The molecule has 0 radical (unpaired) electrons. The van der Waals surface area contributed by atoms with Gasteiger partial charge in [0.15, 0.2) is 0 Å². The average Bonchev–Trinajstić information content (AvgIpc) is 3.26. The molecule has 0 aliphatic rings. The topological polar surface area (TPSA) is 132 Å². The van der Waals surface area contributed by atoms with Gasteiger partial charge in [0.25, 0.3) is 0 Å². The van der Waals surface area contributed by atoms with Crippen LogP contribution >= 0.6 is 0 Å². The van der Waals surface area contributed by atoms with Crippen LogP contribution < -0.4 is 14.8 Å². The number of anilines is 1. The van der Waals surface area contributed by atoms with Crippen molar-refractivity contribution in [3.8, 4) is 22.8 Å². The van der Waals surface area contributed by atoms with Crippen molar-refractivity contribution in [3.63, 3.8) is 0 Å². The van der Waals surface area contributed by atoms with Crippen LogP contribution in [0, 0.1) is 0 Å². The number of carbonyl (C=O) groups is 2. The number of nitrogens with zero attached hydrogens (tertiary/aromatic N) is 2. The molecule has 0 aliphatic carbocycles. The van der Waals surface area contributed by atoms with Gasteiger partial charge >= 0.3 is 11.9 Å². The molecule has 3 rings (SSSR count). The standard InChI is InChI=1S/C23H29N3O3.C2H2O4/c1-4-28-20-12-10-18(11-13-20)21-17-25-23(26(21)14-15-27-3)24-16-19-8-6-7-9-22(19)29-5-2;3-1(4)2(5)6/h6-13,17H,4-5,14-16H2,1-3H3,(H,24,25);(H,3,4)(H,5,6). The molecule has 3 aromatic rings. The lowest BCUT2D eigenvalue weighted by molar-refractivity contribution is -0.159. The van der Waals surface area contributed by atoms with Crippen LogP contribution in [0.4, 0.5) is 5.95 Å². The summed E-state index contributed by atoms with van der Waals surface area (Å²) in [5, 5.41) is 18.2. The smallest absolute Gasteiger partial charge is 0.414 e. The fraction of sp³-hybridized carbons (Fsp3) is 0.320. The molecular weight excluding hydrogens is 454 g/mol. The third-order valence-electron chi connectivity index (χ3n) is 4.73. The zero-order chi connectivity index (χ0) is 25.6. The molecule has 0 saturated heterocycles. The van der Waals surface area contributed by atoms with E-state index in [0.29, 0.717) is 32.9 Å². The molecule has 3 N–H and O–H groups in total. The molecule has 35 heavy (non-hydrogen) atoms. The molecule has 188 valence electrons. The second-order valence-electron chi connectivity index (χ2n) is 7.07. The number of hydrogen-bond acceptors (Lipinski definition) is 7. The molecule has 10 heteroatoms. The fourth-order valence-electron chi connectivity index (χ4n) is 3.17. The molecule has 1 heterocycles. The lowest BCUT2D eigenvalue weighted by Gasteiger charge is -2.15. The molecule has 0 atom stereocenters. The van der Waals surface area contributed by atoms with E-state index in [1.807, 2.05) is 50.4 Å². The molecule has 0 saturated carbocycles. The van der Waals surface area contributed by atoms with E-state index >= 15 is 0 Å². The van der Waals surface area contributed by atoms with E-state index < -0.39 is 11.9 Å². The molecule has 10 nitrogen and oxygen atoms in total. The zero-order valence-corrected chi connectivity index (χ0v) is 20.1. The van der Waals surface area contributed by atoms with Gasteiger partial charge in [0, 0.05) is 31.3 Å². The molecule has 1 aromatic heterocycles. The van der Waals surface area contributed by atoms with Crippen LogP contribution in [0.15, 0.2) is 54.7 Å². The van der Waals surface area contributed by atoms with Crippen LogP contribution in [0.5, 0.6) is 11.5 Å². The van der Waals surface area contributed by atoms with Crippen molar-refractivity contribution in [3.05, 3.63) is 60.3 Å². The first-order chi connectivity index (χ1) is 16.9. The first kappa shape index (κ1) is 27.2. The molecule has 0 aliphatic heterocycles. The zero-order valence-electron chi connectivity index (χ0n) is 20.1. The number of carboxylic acids is 2. The number of aromatic nitrogens is 2. The van der Waals surface area contributed by atoms with Gasteiger partial charge in [0.2, 0.25) is 5.95 Å². The predicted molar refractivity (Wildman–Crippen MR) is 131 cm³/mol. The Balaban J connectivity index is 0.000000641. The van der Waals surface area contributed by atoms with Gasteiger partial charge in [-0.15, -0.1) is 0 Å². The van der Waals surface area contributed by atoms with E-state index in [1.165, 1.54) is 0 Å². The summed E-state index contributed by atoms with van der Waals surface area (Å²) in [7, 11) is 1.71. The highest BCUT2D eigenvalue weighted by Crippen LogP contribution is 2.26. The molecule has 2 aromatic carbocycles. The van der Waals surface area contributed by atoms with Crippen molar-refractivity contribution in [1.82, 2.24) is 9.55 Å². The quantitative estimate of drug-likeness (QED) is 0.347. The second kappa shape index (κ2) is 14.3. The molecule has 0 spiro atoms. The van der Waals surface area contributed by atoms with Crippen LogP contribution in [0.2, 0.25) is 0 Å². The average molecular weight is 486 g/mol. The highest BCUT2D eigenvalue weighted by atomic mass is 16.5. The minimum absolute atomic E-state index is 0.602. The largest absolute Gasteiger partial charge is 0.494 e. The molecular formula is C25H31N3O7. The summed E-state index contributed by atoms with van der Waals surface area (Å²) in [6, 6.07) is 16.1. The van der Waals surface area contributed by atoms with E-state index in [9.17, 15) is 0 Å². The van der Waals surface area contributed by atoms with Crippen molar-refractivity contribution in [1.29, 1.82) is 0 Å². The van der Waals surface area contributed by atoms with Crippen LogP contribution in [-0.4, -0.2) is 58.6 Å². The van der Waals surface area contributed by atoms with Gasteiger partial charge in [-0.2, -0.15) is 0 Å². The van der Waals surface area contributed by atoms with Crippen molar-refractivity contribution in [2.45, 2.75) is 26.9 Å². The van der Waals surface area contributed by atoms with Gasteiger partial charge in [-0.3, -0.25) is 0 Å². The maximum atomic E-state index is 9.10. The highest BCUT2D eigenvalue weighted by molar-refractivity contribution is 6.27. The number of imidazole rings is 1. The van der Waals surface area contributed by atoms with E-state index in [-0.39, 0.29) is 0 Å². The monoisotopic (exact) mass is 485 g/mol. The van der Waals surface area contributed by atoms with Crippen LogP contribution in [-0.2, 0) is 27.4 Å². The number of hydrogen-bond donors (Lipinski definition) is 3. The Morgan fingerprint density at radius 3 is 2.23 bits per heavy atom. The summed E-state index contributed by atoms with van der Waals surface area (Å²) >= 11 is 0.